The van der Waals surface area contributed by atoms with E-state index < -0.39 is 24.1 Å². The van der Waals surface area contributed by atoms with E-state index in [0.29, 0.717) is 0 Å². The van der Waals surface area contributed by atoms with Gasteiger partial charge in [0, 0.05) is 11.8 Å². The third kappa shape index (κ3) is 3.72. The molecule has 0 radical (unpaired) electrons. The Kier molecular flexibility index (Phi) is 4.18. The lowest BCUT2D eigenvalue weighted by Crippen LogP contribution is -2.06. The van der Waals surface area contributed by atoms with Crippen molar-refractivity contribution in [3.63, 3.8) is 0 Å². The van der Waals surface area contributed by atoms with Gasteiger partial charge in [-0.3, -0.25) is 9.78 Å². The Morgan fingerprint density at radius 3 is 2.62 bits per heavy atom. The average Bonchev–Trinajstić information content (AvgIpc) is 2.39. The van der Waals surface area contributed by atoms with Gasteiger partial charge in [-0.25, -0.2) is 0 Å². The maximum absolute atomic E-state index is 12.7. The van der Waals surface area contributed by atoms with Crippen molar-refractivity contribution >= 4 is 17.6 Å². The minimum absolute atomic E-state index is 0.159. The largest absolute Gasteiger partial charge is 0.481 e. The summed E-state index contributed by atoms with van der Waals surface area (Å²) in [5.41, 5.74) is -0.167. The van der Waals surface area contributed by atoms with Gasteiger partial charge in [-0.1, -0.05) is 23.7 Å². The van der Waals surface area contributed by atoms with Gasteiger partial charge < -0.3 is 5.11 Å². The first kappa shape index (κ1) is 15.3. The fraction of sp³-hybridized carbons (Fsp3) is 0.143. The van der Waals surface area contributed by atoms with Gasteiger partial charge in [0.15, 0.2) is 0 Å². The lowest BCUT2D eigenvalue weighted by molar-refractivity contribution is -0.138. The number of rotatable bonds is 3. The Bertz CT molecular complexity index is 686. The third-order valence-electron chi connectivity index (χ3n) is 2.76. The summed E-state index contributed by atoms with van der Waals surface area (Å²) in [6.45, 7) is 0. The van der Waals surface area contributed by atoms with E-state index in [1.807, 2.05) is 0 Å². The molecule has 0 unspecified atom stereocenters. The second kappa shape index (κ2) is 5.73. The minimum atomic E-state index is -4.48. The van der Waals surface area contributed by atoms with Crippen molar-refractivity contribution < 1.29 is 23.1 Å². The van der Waals surface area contributed by atoms with E-state index in [-0.39, 0.29) is 21.8 Å². The highest BCUT2D eigenvalue weighted by atomic mass is 35.5. The maximum Gasteiger partial charge on any atom is 0.416 e. The van der Waals surface area contributed by atoms with Crippen LogP contribution in [0.3, 0.4) is 0 Å². The molecule has 0 fully saturated rings. The van der Waals surface area contributed by atoms with E-state index in [9.17, 15) is 18.0 Å². The van der Waals surface area contributed by atoms with E-state index in [1.165, 1.54) is 24.4 Å². The molecule has 0 spiro atoms. The SMILES string of the molecule is O=C(O)Cc1ncc(Cl)cc1-c1cccc(C(F)(F)F)c1. The van der Waals surface area contributed by atoms with Crippen molar-refractivity contribution in [2.45, 2.75) is 12.6 Å². The molecule has 0 aliphatic rings. The summed E-state index contributed by atoms with van der Waals surface area (Å²) in [4.78, 5) is 14.7. The number of hydrogen-bond donors (Lipinski definition) is 1. The van der Waals surface area contributed by atoms with Gasteiger partial charge >= 0.3 is 12.1 Å². The smallest absolute Gasteiger partial charge is 0.416 e. The Morgan fingerprint density at radius 1 is 1.29 bits per heavy atom. The molecular formula is C14H9ClF3NO2. The fourth-order valence-electron chi connectivity index (χ4n) is 1.86. The summed E-state index contributed by atoms with van der Waals surface area (Å²) in [7, 11) is 0. The molecule has 2 aromatic rings. The predicted molar refractivity (Wildman–Crippen MR) is 71.0 cm³/mol. The number of benzene rings is 1. The highest BCUT2D eigenvalue weighted by Gasteiger charge is 2.30. The molecule has 1 heterocycles. The standard InChI is InChI=1S/C14H9ClF3NO2/c15-10-5-11(12(19-7-10)6-13(20)21)8-2-1-3-9(4-8)14(16,17)18/h1-5,7H,6H2,(H,20,21). The molecule has 0 atom stereocenters. The van der Waals surface area contributed by atoms with Gasteiger partial charge in [-0.2, -0.15) is 13.2 Å². The van der Waals surface area contributed by atoms with Crippen LogP contribution in [0.15, 0.2) is 36.5 Å². The van der Waals surface area contributed by atoms with Gasteiger partial charge in [-0.15, -0.1) is 0 Å². The summed E-state index contributed by atoms with van der Waals surface area (Å²) < 4.78 is 38.2. The highest BCUT2D eigenvalue weighted by Crippen LogP contribution is 2.33. The molecule has 2 rings (SSSR count). The van der Waals surface area contributed by atoms with Crippen molar-refractivity contribution in [3.05, 3.63) is 52.8 Å². The van der Waals surface area contributed by atoms with Crippen LogP contribution in [0.4, 0.5) is 13.2 Å². The number of carbonyl (C=O) groups is 1. The monoisotopic (exact) mass is 315 g/mol. The zero-order chi connectivity index (χ0) is 15.6. The molecule has 0 aliphatic heterocycles. The molecule has 0 aliphatic carbocycles. The zero-order valence-corrected chi connectivity index (χ0v) is 11.2. The number of alkyl halides is 3. The summed E-state index contributed by atoms with van der Waals surface area (Å²) in [5, 5.41) is 9.06. The molecule has 0 amide bonds. The summed E-state index contributed by atoms with van der Waals surface area (Å²) in [5.74, 6) is -1.13. The van der Waals surface area contributed by atoms with Gasteiger partial charge in [0.2, 0.25) is 0 Å². The molecule has 7 heteroatoms. The number of hydrogen-bond acceptors (Lipinski definition) is 2. The summed E-state index contributed by atoms with van der Waals surface area (Å²) >= 11 is 5.80. The summed E-state index contributed by atoms with van der Waals surface area (Å²) in [6, 6.07) is 6.00. The quantitative estimate of drug-likeness (QED) is 0.929. The van der Waals surface area contributed by atoms with Crippen LogP contribution in [0, 0.1) is 0 Å². The normalized spacial score (nSPS) is 11.4. The van der Waals surface area contributed by atoms with Gasteiger partial charge in [0.25, 0.3) is 0 Å². The second-order valence-corrected chi connectivity index (χ2v) is 4.73. The van der Waals surface area contributed by atoms with Crippen LogP contribution in [0.2, 0.25) is 5.02 Å². The minimum Gasteiger partial charge on any atom is -0.481 e. The van der Waals surface area contributed by atoms with Gasteiger partial charge in [-0.05, 0) is 23.8 Å². The lowest BCUT2D eigenvalue weighted by Gasteiger charge is -2.11. The Balaban J connectivity index is 2.55. The van der Waals surface area contributed by atoms with E-state index >= 15 is 0 Å². The van der Waals surface area contributed by atoms with Crippen LogP contribution in [0.1, 0.15) is 11.3 Å². The number of pyridine rings is 1. The number of nitrogens with zero attached hydrogens (tertiary/aromatic N) is 1. The van der Waals surface area contributed by atoms with E-state index in [1.54, 1.807) is 0 Å². The Morgan fingerprint density at radius 2 is 2.00 bits per heavy atom. The van der Waals surface area contributed by atoms with Crippen molar-refractivity contribution in [2.75, 3.05) is 0 Å². The predicted octanol–water partition coefficient (Wildman–Crippen LogP) is 4.05. The van der Waals surface area contributed by atoms with Crippen molar-refractivity contribution in [3.8, 4) is 11.1 Å². The number of carboxylic acids is 1. The lowest BCUT2D eigenvalue weighted by atomic mass is 10.00. The van der Waals surface area contributed by atoms with E-state index in [4.69, 9.17) is 16.7 Å². The maximum atomic E-state index is 12.7. The second-order valence-electron chi connectivity index (χ2n) is 4.30. The molecule has 110 valence electrons. The van der Waals surface area contributed by atoms with Crippen molar-refractivity contribution in [1.29, 1.82) is 0 Å². The molecule has 21 heavy (non-hydrogen) atoms. The molecule has 0 saturated carbocycles. The van der Waals surface area contributed by atoms with Crippen LogP contribution in [-0.4, -0.2) is 16.1 Å². The number of aromatic nitrogens is 1. The summed E-state index contributed by atoms with van der Waals surface area (Å²) in [6.07, 6.45) is -3.62. The number of carboxylic acid groups (broad SMARTS) is 1. The van der Waals surface area contributed by atoms with Crippen LogP contribution in [-0.2, 0) is 17.4 Å². The molecule has 1 aromatic carbocycles. The topological polar surface area (TPSA) is 50.2 Å². The molecule has 3 nitrogen and oxygen atoms in total. The van der Waals surface area contributed by atoms with E-state index in [0.717, 1.165) is 12.1 Å². The van der Waals surface area contributed by atoms with Crippen molar-refractivity contribution in [2.24, 2.45) is 0 Å². The van der Waals surface area contributed by atoms with Gasteiger partial charge in [0.05, 0.1) is 22.7 Å². The van der Waals surface area contributed by atoms with Crippen LogP contribution in [0.5, 0.6) is 0 Å². The molecule has 1 N–H and O–H groups in total. The fourth-order valence-corrected chi connectivity index (χ4v) is 2.02. The Hall–Kier alpha value is -2.08. The van der Waals surface area contributed by atoms with Gasteiger partial charge in [0.1, 0.15) is 0 Å². The molecule has 0 bridgehead atoms. The number of aliphatic carboxylic acids is 1. The Labute approximate surface area is 123 Å². The number of halogens is 4. The molecule has 0 saturated heterocycles. The van der Waals surface area contributed by atoms with Crippen LogP contribution in [0.25, 0.3) is 11.1 Å². The first-order valence-corrected chi connectivity index (χ1v) is 6.19. The highest BCUT2D eigenvalue weighted by molar-refractivity contribution is 6.30. The average molecular weight is 316 g/mol. The first-order valence-electron chi connectivity index (χ1n) is 5.81. The molecular weight excluding hydrogens is 307 g/mol. The third-order valence-corrected chi connectivity index (χ3v) is 2.96. The van der Waals surface area contributed by atoms with E-state index in [2.05, 4.69) is 4.98 Å². The zero-order valence-electron chi connectivity index (χ0n) is 10.5. The molecule has 1 aromatic heterocycles. The van der Waals surface area contributed by atoms with Crippen molar-refractivity contribution in [1.82, 2.24) is 4.98 Å². The first-order chi connectivity index (χ1) is 9.77. The van der Waals surface area contributed by atoms with Crippen LogP contribution >= 0.6 is 11.6 Å². The van der Waals surface area contributed by atoms with Crippen LogP contribution < -0.4 is 0 Å².